The first-order valence-corrected chi connectivity index (χ1v) is 5.26. The van der Waals surface area contributed by atoms with Crippen LogP contribution < -0.4 is 20.7 Å². The predicted octanol–water partition coefficient (Wildman–Crippen LogP) is 0.353. The number of carbonyl (C=O) groups excluding carboxylic acids is 1. The van der Waals surface area contributed by atoms with E-state index in [9.17, 15) is 9.18 Å². The number of anilines is 2. The summed E-state index contributed by atoms with van der Waals surface area (Å²) in [7, 11) is 1.39. The van der Waals surface area contributed by atoms with Gasteiger partial charge in [0.25, 0.3) is 0 Å². The smallest absolute Gasteiger partial charge is 0.239 e. The summed E-state index contributed by atoms with van der Waals surface area (Å²) in [6, 6.07) is 2.73. The number of hydrogen-bond acceptors (Lipinski definition) is 4. The lowest BCUT2D eigenvalue weighted by molar-refractivity contribution is -0.120. The van der Waals surface area contributed by atoms with Crippen LogP contribution in [0.15, 0.2) is 12.1 Å². The molecule has 3 N–H and O–H groups in total. The van der Waals surface area contributed by atoms with Gasteiger partial charge in [0.2, 0.25) is 5.91 Å². The summed E-state index contributed by atoms with van der Waals surface area (Å²) < 4.78 is 18.3. The van der Waals surface area contributed by atoms with Crippen LogP contribution in [-0.2, 0) is 4.79 Å². The normalized spacial score (nSPS) is 15.6. The molecule has 2 rings (SSSR count). The van der Waals surface area contributed by atoms with Crippen LogP contribution in [0.3, 0.4) is 0 Å². The van der Waals surface area contributed by atoms with Crippen LogP contribution in [0, 0.1) is 5.82 Å². The third-order valence-corrected chi connectivity index (χ3v) is 2.68. The molecule has 1 fully saturated rings. The summed E-state index contributed by atoms with van der Waals surface area (Å²) in [6.45, 7) is 1.42. The van der Waals surface area contributed by atoms with Crippen LogP contribution in [0.25, 0.3) is 0 Å². The molecule has 0 spiro atoms. The minimum absolute atomic E-state index is 0.0704. The number of piperazine rings is 1. The van der Waals surface area contributed by atoms with E-state index in [0.717, 1.165) is 0 Å². The van der Waals surface area contributed by atoms with Crippen LogP contribution in [-0.4, -0.2) is 32.7 Å². The number of nitrogens with one attached hydrogen (secondary N) is 1. The maximum absolute atomic E-state index is 13.4. The molecule has 1 saturated heterocycles. The molecule has 1 heterocycles. The Morgan fingerprint density at radius 2 is 2.29 bits per heavy atom. The third kappa shape index (κ3) is 2.25. The second-order valence-electron chi connectivity index (χ2n) is 3.82. The van der Waals surface area contributed by atoms with E-state index in [1.807, 2.05) is 0 Å². The molecule has 1 aromatic carbocycles. The number of halogens is 1. The highest BCUT2D eigenvalue weighted by Crippen LogP contribution is 2.31. The first-order valence-electron chi connectivity index (χ1n) is 5.26. The molecular formula is C11H14FN3O2. The van der Waals surface area contributed by atoms with Crippen molar-refractivity contribution in [3.05, 3.63) is 17.9 Å². The molecule has 1 aliphatic heterocycles. The Morgan fingerprint density at radius 1 is 1.53 bits per heavy atom. The Morgan fingerprint density at radius 3 is 2.94 bits per heavy atom. The highest BCUT2D eigenvalue weighted by atomic mass is 19.1. The van der Waals surface area contributed by atoms with Gasteiger partial charge in [-0.1, -0.05) is 0 Å². The van der Waals surface area contributed by atoms with Crippen molar-refractivity contribution in [3.8, 4) is 5.75 Å². The number of ether oxygens (including phenoxy) is 1. The van der Waals surface area contributed by atoms with Crippen molar-refractivity contribution in [2.24, 2.45) is 0 Å². The molecule has 0 bridgehead atoms. The van der Waals surface area contributed by atoms with Crippen LogP contribution in [0.2, 0.25) is 0 Å². The van der Waals surface area contributed by atoms with Gasteiger partial charge in [-0.2, -0.15) is 0 Å². The number of nitrogen functional groups attached to an aromatic ring is 1. The molecule has 92 valence electrons. The Balaban J connectivity index is 2.33. The SMILES string of the molecule is COc1cc(N2CCNC(=O)C2)c(N)cc1F. The molecule has 1 aliphatic rings. The molecule has 0 aliphatic carbocycles. The fraction of sp³-hybridized carbons (Fsp3) is 0.364. The van der Waals surface area contributed by atoms with Crippen LogP contribution in [0.5, 0.6) is 5.75 Å². The van der Waals surface area contributed by atoms with E-state index in [1.165, 1.54) is 19.2 Å². The van der Waals surface area contributed by atoms with E-state index in [1.54, 1.807) is 4.90 Å². The zero-order chi connectivity index (χ0) is 12.4. The first kappa shape index (κ1) is 11.5. The van der Waals surface area contributed by atoms with Crippen LogP contribution in [0.1, 0.15) is 0 Å². The Bertz CT molecular complexity index is 451. The van der Waals surface area contributed by atoms with Crippen molar-refractivity contribution in [1.82, 2.24) is 5.32 Å². The Hall–Kier alpha value is -1.98. The number of methoxy groups -OCH3 is 1. The summed E-state index contributed by atoms with van der Waals surface area (Å²) in [5.74, 6) is -0.450. The van der Waals surface area contributed by atoms with Gasteiger partial charge in [0.15, 0.2) is 11.6 Å². The van der Waals surface area contributed by atoms with Gasteiger partial charge >= 0.3 is 0 Å². The molecular weight excluding hydrogens is 225 g/mol. The Labute approximate surface area is 98.3 Å². The first-order chi connectivity index (χ1) is 8.11. The average Bonchev–Trinajstić information content (AvgIpc) is 2.29. The quantitative estimate of drug-likeness (QED) is 0.731. The molecule has 5 nitrogen and oxygen atoms in total. The lowest BCUT2D eigenvalue weighted by Crippen LogP contribution is -2.47. The van der Waals surface area contributed by atoms with Gasteiger partial charge in [-0.15, -0.1) is 0 Å². The van der Waals surface area contributed by atoms with Gasteiger partial charge in [0.05, 0.1) is 25.0 Å². The fourth-order valence-corrected chi connectivity index (χ4v) is 1.83. The van der Waals surface area contributed by atoms with E-state index in [0.29, 0.717) is 24.5 Å². The molecule has 1 amide bonds. The van der Waals surface area contributed by atoms with Crippen LogP contribution in [0.4, 0.5) is 15.8 Å². The van der Waals surface area contributed by atoms with Crippen molar-refractivity contribution in [3.63, 3.8) is 0 Å². The highest BCUT2D eigenvalue weighted by molar-refractivity contribution is 5.84. The van der Waals surface area contributed by atoms with Crippen molar-refractivity contribution >= 4 is 17.3 Å². The third-order valence-electron chi connectivity index (χ3n) is 2.68. The maximum atomic E-state index is 13.4. The maximum Gasteiger partial charge on any atom is 0.239 e. The van der Waals surface area contributed by atoms with E-state index < -0.39 is 5.82 Å². The summed E-state index contributed by atoms with van der Waals surface area (Å²) >= 11 is 0. The highest BCUT2D eigenvalue weighted by Gasteiger charge is 2.20. The van der Waals surface area contributed by atoms with Crippen LogP contribution >= 0.6 is 0 Å². The second kappa shape index (κ2) is 4.48. The predicted molar refractivity (Wildman–Crippen MR) is 62.6 cm³/mol. The van der Waals surface area contributed by atoms with Gasteiger partial charge in [-0.3, -0.25) is 4.79 Å². The number of nitrogens with two attached hydrogens (primary N) is 1. The van der Waals surface area contributed by atoms with E-state index in [-0.39, 0.29) is 18.2 Å². The minimum Gasteiger partial charge on any atom is -0.494 e. The lowest BCUT2D eigenvalue weighted by atomic mass is 10.2. The molecule has 0 saturated carbocycles. The number of benzene rings is 1. The zero-order valence-electron chi connectivity index (χ0n) is 9.50. The fourth-order valence-electron chi connectivity index (χ4n) is 1.83. The molecule has 1 aromatic rings. The average molecular weight is 239 g/mol. The van der Waals surface area contributed by atoms with E-state index in [4.69, 9.17) is 10.5 Å². The van der Waals surface area contributed by atoms with Crippen molar-refractivity contribution in [2.45, 2.75) is 0 Å². The second-order valence-corrected chi connectivity index (χ2v) is 3.82. The molecule has 0 atom stereocenters. The number of hydrogen-bond donors (Lipinski definition) is 2. The summed E-state index contributed by atoms with van der Waals surface area (Å²) in [5, 5.41) is 2.71. The lowest BCUT2D eigenvalue weighted by Gasteiger charge is -2.29. The summed E-state index contributed by atoms with van der Waals surface area (Å²) in [6.07, 6.45) is 0. The van der Waals surface area contributed by atoms with Crippen molar-refractivity contribution in [2.75, 3.05) is 37.4 Å². The molecule has 0 radical (unpaired) electrons. The van der Waals surface area contributed by atoms with E-state index in [2.05, 4.69) is 5.32 Å². The standard InChI is InChI=1S/C11H14FN3O2/c1-17-10-5-9(8(13)4-7(10)12)15-3-2-14-11(16)6-15/h4-5H,2-3,6,13H2,1H3,(H,14,16). The topological polar surface area (TPSA) is 67.6 Å². The molecule has 0 unspecified atom stereocenters. The Kier molecular flexibility index (Phi) is 3.03. The number of rotatable bonds is 2. The zero-order valence-corrected chi connectivity index (χ0v) is 9.50. The van der Waals surface area contributed by atoms with Gasteiger partial charge in [0.1, 0.15) is 0 Å². The molecule has 6 heteroatoms. The molecule has 0 aromatic heterocycles. The van der Waals surface area contributed by atoms with E-state index >= 15 is 0 Å². The van der Waals surface area contributed by atoms with Gasteiger partial charge in [-0.05, 0) is 0 Å². The minimum atomic E-state index is -0.504. The van der Waals surface area contributed by atoms with Crippen molar-refractivity contribution < 1.29 is 13.9 Å². The monoisotopic (exact) mass is 239 g/mol. The number of amides is 1. The number of nitrogens with zero attached hydrogens (tertiary/aromatic N) is 1. The van der Waals surface area contributed by atoms with Gasteiger partial charge < -0.3 is 20.7 Å². The number of carbonyl (C=O) groups is 1. The van der Waals surface area contributed by atoms with Gasteiger partial charge in [0, 0.05) is 25.2 Å². The van der Waals surface area contributed by atoms with Crippen molar-refractivity contribution in [1.29, 1.82) is 0 Å². The summed E-state index contributed by atoms with van der Waals surface area (Å²) in [4.78, 5) is 13.1. The largest absolute Gasteiger partial charge is 0.494 e. The molecule has 17 heavy (non-hydrogen) atoms. The van der Waals surface area contributed by atoms with Gasteiger partial charge in [-0.25, -0.2) is 4.39 Å². The summed E-state index contributed by atoms with van der Waals surface area (Å²) in [5.41, 5.74) is 6.68.